The third kappa shape index (κ3) is 5.70. The van der Waals surface area contributed by atoms with E-state index in [2.05, 4.69) is 18.6 Å². The van der Waals surface area contributed by atoms with Gasteiger partial charge < -0.3 is 5.11 Å². The number of nitrogens with one attached hydrogen (secondary N) is 1. The highest BCUT2D eigenvalue weighted by atomic mass is 32.2. The van der Waals surface area contributed by atoms with Crippen LogP contribution in [0.4, 0.5) is 0 Å². The summed E-state index contributed by atoms with van der Waals surface area (Å²) in [6, 6.07) is 14.8. The van der Waals surface area contributed by atoms with Crippen LogP contribution in [0.15, 0.2) is 53.4 Å². The van der Waals surface area contributed by atoms with Gasteiger partial charge in [-0.2, -0.15) is 0 Å². The average Bonchev–Trinajstić information content (AvgIpc) is 3.17. The fourth-order valence-corrected chi connectivity index (χ4v) is 5.44. The average molecular weight is 430 g/mol. The Bertz CT molecular complexity index is 957. The molecule has 5 nitrogen and oxygen atoms in total. The van der Waals surface area contributed by atoms with Crippen molar-refractivity contribution in [2.45, 2.75) is 63.2 Å². The first kappa shape index (κ1) is 22.5. The SMILES string of the molecule is CC(C)c1ccc(S(=O)(=O)NCC2(Cc3ccc(CC(=O)O)cc3)CCCC2)cc1. The first-order chi connectivity index (χ1) is 14.2. The Hall–Kier alpha value is -2.18. The van der Waals surface area contributed by atoms with Crippen LogP contribution >= 0.6 is 0 Å². The van der Waals surface area contributed by atoms with Crippen molar-refractivity contribution in [3.63, 3.8) is 0 Å². The van der Waals surface area contributed by atoms with Gasteiger partial charge in [-0.15, -0.1) is 0 Å². The summed E-state index contributed by atoms with van der Waals surface area (Å²) in [5, 5.41) is 8.92. The number of sulfonamides is 1. The maximum absolute atomic E-state index is 12.8. The maximum atomic E-state index is 12.8. The van der Waals surface area contributed by atoms with E-state index < -0.39 is 16.0 Å². The Kier molecular flexibility index (Phi) is 6.98. The Balaban J connectivity index is 1.69. The smallest absolute Gasteiger partial charge is 0.307 e. The molecule has 1 fully saturated rings. The third-order valence-electron chi connectivity index (χ3n) is 6.12. The molecule has 1 aliphatic carbocycles. The fourth-order valence-electron chi connectivity index (χ4n) is 4.29. The number of carbonyl (C=O) groups is 1. The van der Waals surface area contributed by atoms with Crippen LogP contribution in [-0.4, -0.2) is 26.0 Å². The molecule has 0 amide bonds. The molecule has 30 heavy (non-hydrogen) atoms. The van der Waals surface area contributed by atoms with Crippen LogP contribution in [-0.2, 0) is 27.7 Å². The summed E-state index contributed by atoms with van der Waals surface area (Å²) in [5.74, 6) is -0.482. The van der Waals surface area contributed by atoms with Gasteiger partial charge in [0.2, 0.25) is 10.0 Å². The van der Waals surface area contributed by atoms with Gasteiger partial charge >= 0.3 is 5.97 Å². The summed E-state index contributed by atoms with van der Waals surface area (Å²) in [4.78, 5) is 11.2. The van der Waals surface area contributed by atoms with Crippen LogP contribution in [0.1, 0.15) is 62.1 Å². The van der Waals surface area contributed by atoms with E-state index in [-0.39, 0.29) is 11.8 Å². The highest BCUT2D eigenvalue weighted by molar-refractivity contribution is 7.89. The molecule has 1 aliphatic rings. The van der Waals surface area contributed by atoms with Crippen molar-refractivity contribution in [3.05, 3.63) is 65.2 Å². The van der Waals surface area contributed by atoms with Gasteiger partial charge in [0.05, 0.1) is 11.3 Å². The first-order valence-corrected chi connectivity index (χ1v) is 12.1. The topological polar surface area (TPSA) is 83.5 Å². The molecule has 0 atom stereocenters. The molecule has 3 rings (SSSR count). The van der Waals surface area contributed by atoms with E-state index in [1.54, 1.807) is 12.1 Å². The highest BCUT2D eigenvalue weighted by Gasteiger charge is 2.35. The van der Waals surface area contributed by atoms with Gasteiger partial charge in [-0.05, 0) is 59.4 Å². The molecule has 2 aromatic carbocycles. The van der Waals surface area contributed by atoms with Crippen LogP contribution < -0.4 is 4.72 Å². The molecule has 0 heterocycles. The molecular formula is C24H31NO4S. The van der Waals surface area contributed by atoms with Gasteiger partial charge in [-0.25, -0.2) is 13.1 Å². The van der Waals surface area contributed by atoms with Crippen LogP contribution in [0.25, 0.3) is 0 Å². The van der Waals surface area contributed by atoms with Crippen molar-refractivity contribution in [1.82, 2.24) is 4.72 Å². The van der Waals surface area contributed by atoms with Crippen molar-refractivity contribution >= 4 is 16.0 Å². The number of hydrogen-bond donors (Lipinski definition) is 2. The molecule has 2 aromatic rings. The normalized spacial score (nSPS) is 16.1. The van der Waals surface area contributed by atoms with Gasteiger partial charge in [0.25, 0.3) is 0 Å². The Morgan fingerprint density at radius 3 is 2.10 bits per heavy atom. The molecule has 0 saturated heterocycles. The zero-order valence-electron chi connectivity index (χ0n) is 17.7. The first-order valence-electron chi connectivity index (χ1n) is 10.6. The van der Waals surface area contributed by atoms with E-state index in [1.807, 2.05) is 36.4 Å². The second-order valence-electron chi connectivity index (χ2n) is 8.82. The summed E-state index contributed by atoms with van der Waals surface area (Å²) in [6.45, 7) is 4.58. The van der Waals surface area contributed by atoms with Crippen molar-refractivity contribution in [1.29, 1.82) is 0 Å². The summed E-state index contributed by atoms with van der Waals surface area (Å²) >= 11 is 0. The van der Waals surface area contributed by atoms with Gasteiger partial charge in [0.1, 0.15) is 0 Å². The quantitative estimate of drug-likeness (QED) is 0.614. The molecule has 0 radical (unpaired) electrons. The predicted molar refractivity (Wildman–Crippen MR) is 118 cm³/mol. The van der Waals surface area contributed by atoms with Crippen molar-refractivity contribution in [2.75, 3.05) is 6.54 Å². The van der Waals surface area contributed by atoms with Gasteiger partial charge in [0.15, 0.2) is 0 Å². The Morgan fingerprint density at radius 2 is 1.57 bits per heavy atom. The molecule has 6 heteroatoms. The molecule has 0 spiro atoms. The number of benzene rings is 2. The summed E-state index contributed by atoms with van der Waals surface area (Å²) < 4.78 is 28.5. The third-order valence-corrected chi connectivity index (χ3v) is 7.53. The minimum atomic E-state index is -3.56. The monoisotopic (exact) mass is 429 g/mol. The lowest BCUT2D eigenvalue weighted by Gasteiger charge is -2.29. The lowest BCUT2D eigenvalue weighted by Crippen LogP contribution is -2.37. The van der Waals surface area contributed by atoms with Gasteiger partial charge in [-0.1, -0.05) is 63.1 Å². The van der Waals surface area contributed by atoms with E-state index in [0.717, 1.165) is 48.8 Å². The number of hydrogen-bond acceptors (Lipinski definition) is 3. The van der Waals surface area contributed by atoms with Crippen LogP contribution in [0, 0.1) is 5.41 Å². The van der Waals surface area contributed by atoms with Crippen LogP contribution in [0.3, 0.4) is 0 Å². The van der Waals surface area contributed by atoms with Gasteiger partial charge in [-0.3, -0.25) is 4.79 Å². The largest absolute Gasteiger partial charge is 0.481 e. The van der Waals surface area contributed by atoms with Crippen molar-refractivity contribution in [2.24, 2.45) is 5.41 Å². The Morgan fingerprint density at radius 1 is 1.00 bits per heavy atom. The van der Waals surface area contributed by atoms with Crippen molar-refractivity contribution in [3.8, 4) is 0 Å². The summed E-state index contributed by atoms with van der Waals surface area (Å²) in [7, 11) is -3.56. The molecule has 0 aromatic heterocycles. The second kappa shape index (κ2) is 9.31. The molecular weight excluding hydrogens is 398 g/mol. The van der Waals surface area contributed by atoms with Crippen molar-refractivity contribution < 1.29 is 18.3 Å². The lowest BCUT2D eigenvalue weighted by atomic mass is 9.80. The maximum Gasteiger partial charge on any atom is 0.307 e. The van der Waals surface area contributed by atoms with E-state index in [1.165, 1.54) is 0 Å². The number of aliphatic carboxylic acids is 1. The zero-order chi connectivity index (χ0) is 21.8. The lowest BCUT2D eigenvalue weighted by molar-refractivity contribution is -0.136. The summed E-state index contributed by atoms with van der Waals surface area (Å²) in [5.41, 5.74) is 2.91. The van der Waals surface area contributed by atoms with E-state index in [0.29, 0.717) is 17.4 Å². The molecule has 2 N–H and O–H groups in total. The Labute approximate surface area is 179 Å². The number of carboxylic acid groups (broad SMARTS) is 1. The number of carboxylic acids is 1. The van der Waals surface area contributed by atoms with Gasteiger partial charge in [0, 0.05) is 6.54 Å². The van der Waals surface area contributed by atoms with Crippen LogP contribution in [0.2, 0.25) is 0 Å². The minimum Gasteiger partial charge on any atom is -0.481 e. The summed E-state index contributed by atoms with van der Waals surface area (Å²) in [6.07, 6.45) is 4.97. The molecule has 0 unspecified atom stereocenters. The molecule has 0 aliphatic heterocycles. The fraction of sp³-hybridized carbons (Fsp3) is 0.458. The predicted octanol–water partition coefficient (Wildman–Crippen LogP) is 4.52. The molecule has 162 valence electrons. The highest BCUT2D eigenvalue weighted by Crippen LogP contribution is 2.40. The van der Waals surface area contributed by atoms with E-state index in [4.69, 9.17) is 5.11 Å². The van der Waals surface area contributed by atoms with E-state index in [9.17, 15) is 13.2 Å². The van der Waals surface area contributed by atoms with E-state index >= 15 is 0 Å². The standard InChI is InChI=1S/C24H31NO4S/c1-18(2)21-9-11-22(12-10-21)30(28,29)25-17-24(13-3-4-14-24)16-20-7-5-19(6-8-20)15-23(26)27/h5-12,18,25H,3-4,13-17H2,1-2H3,(H,26,27). The zero-order valence-corrected chi connectivity index (χ0v) is 18.5. The molecule has 0 bridgehead atoms. The minimum absolute atomic E-state index is 0.0147. The number of rotatable bonds is 9. The van der Waals surface area contributed by atoms with Crippen LogP contribution in [0.5, 0.6) is 0 Å². The molecule has 1 saturated carbocycles. The second-order valence-corrected chi connectivity index (χ2v) is 10.6.